The molecule has 0 aliphatic heterocycles. The quantitative estimate of drug-likeness (QED) is 0.822. The molecule has 17 heavy (non-hydrogen) atoms. The van der Waals surface area contributed by atoms with Gasteiger partial charge < -0.3 is 10.4 Å². The number of carbonyl (C=O) groups is 1. The van der Waals surface area contributed by atoms with Gasteiger partial charge in [-0.1, -0.05) is 26.0 Å². The van der Waals surface area contributed by atoms with Crippen molar-refractivity contribution in [2.45, 2.75) is 26.8 Å². The van der Waals surface area contributed by atoms with E-state index in [0.717, 1.165) is 9.13 Å². The molecule has 0 spiro atoms. The van der Waals surface area contributed by atoms with E-state index in [1.807, 2.05) is 32.9 Å². The predicted octanol–water partition coefficient (Wildman–Crippen LogP) is 2.35. The minimum absolute atomic E-state index is 0.0359. The standard InChI is InChI=1S/C13H18INO2/c1-8(2)11(7-16)15-13(17)10-6-4-5-9(3)12(10)14/h4-6,8,11,16H,7H2,1-3H3,(H,15,17)/t11-/m1/s1. The normalized spacial score (nSPS) is 12.6. The van der Waals surface area contributed by atoms with Crippen LogP contribution in [-0.4, -0.2) is 23.7 Å². The average molecular weight is 347 g/mol. The first-order valence-corrected chi connectivity index (χ1v) is 6.72. The Kier molecular flexibility index (Phi) is 5.39. The summed E-state index contributed by atoms with van der Waals surface area (Å²) in [5, 5.41) is 12.1. The number of hydrogen-bond donors (Lipinski definition) is 2. The molecule has 0 fully saturated rings. The van der Waals surface area contributed by atoms with Gasteiger partial charge in [0.05, 0.1) is 18.2 Å². The number of rotatable bonds is 4. The molecule has 0 aliphatic carbocycles. The summed E-state index contributed by atoms with van der Waals surface area (Å²) in [5.41, 5.74) is 1.76. The molecule has 0 unspecified atom stereocenters. The zero-order valence-corrected chi connectivity index (χ0v) is 12.5. The Bertz CT molecular complexity index is 404. The van der Waals surface area contributed by atoms with Crippen molar-refractivity contribution in [3.8, 4) is 0 Å². The van der Waals surface area contributed by atoms with Gasteiger partial charge in [-0.05, 0) is 47.1 Å². The molecule has 1 aromatic rings. The van der Waals surface area contributed by atoms with Crippen LogP contribution in [0.3, 0.4) is 0 Å². The lowest BCUT2D eigenvalue weighted by Crippen LogP contribution is -2.41. The fraction of sp³-hybridized carbons (Fsp3) is 0.462. The number of benzene rings is 1. The smallest absolute Gasteiger partial charge is 0.252 e. The highest BCUT2D eigenvalue weighted by molar-refractivity contribution is 14.1. The Balaban J connectivity index is 2.86. The van der Waals surface area contributed by atoms with Gasteiger partial charge in [-0.25, -0.2) is 0 Å². The van der Waals surface area contributed by atoms with E-state index < -0.39 is 0 Å². The number of aryl methyl sites for hydroxylation is 1. The lowest BCUT2D eigenvalue weighted by atomic mass is 10.0. The molecule has 0 saturated carbocycles. The van der Waals surface area contributed by atoms with E-state index in [9.17, 15) is 9.90 Å². The first kappa shape index (κ1) is 14.4. The summed E-state index contributed by atoms with van der Waals surface area (Å²) in [6, 6.07) is 5.46. The second kappa shape index (κ2) is 6.35. The monoisotopic (exact) mass is 347 g/mol. The van der Waals surface area contributed by atoms with Crippen molar-refractivity contribution in [1.29, 1.82) is 0 Å². The van der Waals surface area contributed by atoms with E-state index in [1.54, 1.807) is 6.07 Å². The fourth-order valence-corrected chi connectivity index (χ4v) is 2.10. The first-order chi connectivity index (χ1) is 7.97. The highest BCUT2D eigenvalue weighted by atomic mass is 127. The van der Waals surface area contributed by atoms with Gasteiger partial charge in [0, 0.05) is 3.57 Å². The molecule has 4 heteroatoms. The van der Waals surface area contributed by atoms with E-state index >= 15 is 0 Å². The molecule has 1 amide bonds. The summed E-state index contributed by atoms with van der Waals surface area (Å²) in [6.07, 6.45) is 0. The van der Waals surface area contributed by atoms with Crippen molar-refractivity contribution in [2.24, 2.45) is 5.92 Å². The van der Waals surface area contributed by atoms with Crippen molar-refractivity contribution in [1.82, 2.24) is 5.32 Å². The van der Waals surface area contributed by atoms with E-state index in [2.05, 4.69) is 27.9 Å². The second-order valence-corrected chi connectivity index (χ2v) is 5.52. The van der Waals surface area contributed by atoms with Crippen LogP contribution < -0.4 is 5.32 Å². The van der Waals surface area contributed by atoms with Crippen molar-refractivity contribution in [3.05, 3.63) is 32.9 Å². The average Bonchev–Trinajstić information content (AvgIpc) is 2.28. The van der Waals surface area contributed by atoms with E-state index in [-0.39, 0.29) is 24.5 Å². The van der Waals surface area contributed by atoms with Crippen LogP contribution in [0.2, 0.25) is 0 Å². The largest absolute Gasteiger partial charge is 0.394 e. The van der Waals surface area contributed by atoms with Gasteiger partial charge in [-0.2, -0.15) is 0 Å². The number of carbonyl (C=O) groups excluding carboxylic acids is 1. The van der Waals surface area contributed by atoms with Crippen LogP contribution in [0, 0.1) is 16.4 Å². The van der Waals surface area contributed by atoms with Crippen LogP contribution in [0.4, 0.5) is 0 Å². The highest BCUT2D eigenvalue weighted by Gasteiger charge is 2.18. The number of hydrogen-bond acceptors (Lipinski definition) is 2. The maximum atomic E-state index is 12.1. The zero-order chi connectivity index (χ0) is 13.0. The van der Waals surface area contributed by atoms with Crippen LogP contribution in [-0.2, 0) is 0 Å². The van der Waals surface area contributed by atoms with Gasteiger partial charge in [-0.3, -0.25) is 4.79 Å². The summed E-state index contributed by atoms with van der Waals surface area (Å²) in [5.74, 6) is 0.0947. The Hall–Kier alpha value is -0.620. The number of amides is 1. The maximum Gasteiger partial charge on any atom is 0.252 e. The number of nitrogens with one attached hydrogen (secondary N) is 1. The van der Waals surface area contributed by atoms with E-state index in [1.165, 1.54) is 0 Å². The van der Waals surface area contributed by atoms with Crippen LogP contribution in [0.5, 0.6) is 0 Å². The predicted molar refractivity (Wildman–Crippen MR) is 77.1 cm³/mol. The Morgan fingerprint density at radius 2 is 2.12 bits per heavy atom. The molecule has 1 rings (SSSR count). The van der Waals surface area contributed by atoms with E-state index in [4.69, 9.17) is 0 Å². The van der Waals surface area contributed by atoms with Crippen molar-refractivity contribution in [2.75, 3.05) is 6.61 Å². The molecule has 2 N–H and O–H groups in total. The summed E-state index contributed by atoms with van der Waals surface area (Å²) in [4.78, 5) is 12.1. The summed E-state index contributed by atoms with van der Waals surface area (Å²) >= 11 is 2.17. The number of aliphatic hydroxyl groups is 1. The first-order valence-electron chi connectivity index (χ1n) is 5.64. The summed E-state index contributed by atoms with van der Waals surface area (Å²) < 4.78 is 0.961. The van der Waals surface area contributed by atoms with Crippen LogP contribution in [0.1, 0.15) is 29.8 Å². The molecular formula is C13H18INO2. The topological polar surface area (TPSA) is 49.3 Å². The lowest BCUT2D eigenvalue weighted by molar-refractivity contribution is 0.0896. The molecule has 0 heterocycles. The third-order valence-electron chi connectivity index (χ3n) is 2.75. The van der Waals surface area contributed by atoms with E-state index in [0.29, 0.717) is 5.56 Å². The van der Waals surface area contributed by atoms with Gasteiger partial charge in [0.25, 0.3) is 5.91 Å². The minimum Gasteiger partial charge on any atom is -0.394 e. The minimum atomic E-state index is -0.196. The molecular weight excluding hydrogens is 329 g/mol. The van der Waals surface area contributed by atoms with Gasteiger partial charge in [0.15, 0.2) is 0 Å². The third-order valence-corrected chi connectivity index (χ3v) is 4.19. The van der Waals surface area contributed by atoms with Crippen LogP contribution >= 0.6 is 22.6 Å². The molecule has 1 atom stereocenters. The third kappa shape index (κ3) is 3.67. The van der Waals surface area contributed by atoms with Gasteiger partial charge in [-0.15, -0.1) is 0 Å². The van der Waals surface area contributed by atoms with Gasteiger partial charge in [0.1, 0.15) is 0 Å². The zero-order valence-electron chi connectivity index (χ0n) is 10.3. The molecule has 3 nitrogen and oxygen atoms in total. The molecule has 94 valence electrons. The number of halogens is 1. The lowest BCUT2D eigenvalue weighted by Gasteiger charge is -2.20. The van der Waals surface area contributed by atoms with Crippen LogP contribution in [0.25, 0.3) is 0 Å². The summed E-state index contributed by atoms with van der Waals surface area (Å²) in [6.45, 7) is 5.89. The van der Waals surface area contributed by atoms with Crippen molar-refractivity contribution in [3.63, 3.8) is 0 Å². The Morgan fingerprint density at radius 1 is 1.47 bits per heavy atom. The SMILES string of the molecule is Cc1cccc(C(=O)N[C@H](CO)C(C)C)c1I. The number of aliphatic hydroxyl groups excluding tert-OH is 1. The molecule has 0 aromatic heterocycles. The highest BCUT2D eigenvalue weighted by Crippen LogP contribution is 2.17. The fourth-order valence-electron chi connectivity index (χ4n) is 1.49. The maximum absolute atomic E-state index is 12.1. The van der Waals surface area contributed by atoms with Crippen molar-refractivity contribution >= 4 is 28.5 Å². The van der Waals surface area contributed by atoms with Crippen LogP contribution in [0.15, 0.2) is 18.2 Å². The molecule has 0 radical (unpaired) electrons. The second-order valence-electron chi connectivity index (χ2n) is 4.44. The molecule has 0 bridgehead atoms. The summed E-state index contributed by atoms with van der Waals surface area (Å²) in [7, 11) is 0. The Morgan fingerprint density at radius 3 is 2.65 bits per heavy atom. The van der Waals surface area contributed by atoms with Crippen molar-refractivity contribution < 1.29 is 9.90 Å². The van der Waals surface area contributed by atoms with Gasteiger partial charge >= 0.3 is 0 Å². The van der Waals surface area contributed by atoms with Gasteiger partial charge in [0.2, 0.25) is 0 Å². The molecule has 1 aromatic carbocycles. The molecule has 0 saturated heterocycles. The Labute approximate surface area is 116 Å². The molecule has 0 aliphatic rings.